The summed E-state index contributed by atoms with van der Waals surface area (Å²) in [6.45, 7) is 2.61. The zero-order chi connectivity index (χ0) is 35.6. The van der Waals surface area contributed by atoms with Crippen LogP contribution in [0.15, 0.2) is 54.7 Å². The molecule has 1 aromatic carbocycles. The largest absolute Gasteiger partial charge is 0.490 e. The van der Waals surface area contributed by atoms with Crippen molar-refractivity contribution in [3.63, 3.8) is 0 Å². The summed E-state index contributed by atoms with van der Waals surface area (Å²) in [7, 11) is 0. The lowest BCUT2D eigenvalue weighted by Crippen LogP contribution is -2.56. The van der Waals surface area contributed by atoms with Gasteiger partial charge in [0.2, 0.25) is 0 Å². The predicted molar refractivity (Wildman–Crippen MR) is 136 cm³/mol. The number of aliphatic carboxylic acids is 3. The van der Waals surface area contributed by atoms with Crippen molar-refractivity contribution < 1.29 is 78.0 Å². The second-order valence-corrected chi connectivity index (χ2v) is 9.68. The molecule has 20 heteroatoms. The van der Waals surface area contributed by atoms with E-state index < -0.39 is 47.8 Å². The van der Waals surface area contributed by atoms with E-state index in [-0.39, 0.29) is 6.42 Å². The number of benzene rings is 1. The first-order valence-electron chi connectivity index (χ1n) is 12.6. The van der Waals surface area contributed by atoms with Gasteiger partial charge in [-0.25, -0.2) is 23.2 Å². The summed E-state index contributed by atoms with van der Waals surface area (Å²) in [6, 6.07) is 15.7. The van der Waals surface area contributed by atoms with Crippen molar-refractivity contribution in [1.82, 2.24) is 9.88 Å². The first kappa shape index (κ1) is 39.8. The first-order valence-corrected chi connectivity index (χ1v) is 12.6. The number of para-hydroxylation sites is 1. The maximum atomic E-state index is 14.9. The molecule has 46 heavy (non-hydrogen) atoms. The molecule has 2 saturated heterocycles. The van der Waals surface area contributed by atoms with E-state index in [0.717, 1.165) is 11.4 Å². The Kier molecular flexibility index (Phi) is 13.7. The summed E-state index contributed by atoms with van der Waals surface area (Å²) >= 11 is 0. The van der Waals surface area contributed by atoms with Gasteiger partial charge in [0.15, 0.2) is 0 Å². The predicted octanol–water partition coefficient (Wildman–Crippen LogP) is 5.72. The third-order valence-corrected chi connectivity index (χ3v) is 6.36. The smallest absolute Gasteiger partial charge is 0.475 e. The van der Waals surface area contributed by atoms with Gasteiger partial charge in [0, 0.05) is 51.0 Å². The average molecular weight is 685 g/mol. The average Bonchev–Trinajstić information content (AvgIpc) is 3.37. The molecule has 2 aliphatic heterocycles. The zero-order valence-electron chi connectivity index (χ0n) is 23.2. The van der Waals surface area contributed by atoms with Gasteiger partial charge >= 0.3 is 36.4 Å². The molecular formula is C26H26F11N3O6. The van der Waals surface area contributed by atoms with Crippen LogP contribution in [0, 0.1) is 5.41 Å². The number of hydrogen-bond acceptors (Lipinski definition) is 6. The fourth-order valence-corrected chi connectivity index (χ4v) is 4.20. The molecule has 3 N–H and O–H groups in total. The highest BCUT2D eigenvalue weighted by molar-refractivity contribution is 5.73. The second-order valence-electron chi connectivity index (χ2n) is 9.68. The fraction of sp³-hybridized carbons (Fsp3) is 0.462. The molecular weight excluding hydrogens is 659 g/mol. The molecule has 0 amide bonds. The maximum absolute atomic E-state index is 14.9. The lowest BCUT2D eigenvalue weighted by atomic mass is 9.75. The molecule has 1 unspecified atom stereocenters. The number of aromatic nitrogens is 1. The van der Waals surface area contributed by atoms with Crippen LogP contribution in [0.2, 0.25) is 0 Å². The van der Waals surface area contributed by atoms with E-state index in [1.807, 2.05) is 48.5 Å². The third kappa shape index (κ3) is 12.6. The van der Waals surface area contributed by atoms with Gasteiger partial charge in [-0.2, -0.15) is 39.5 Å². The van der Waals surface area contributed by atoms with Crippen molar-refractivity contribution in [3.8, 4) is 0 Å². The Morgan fingerprint density at radius 3 is 1.57 bits per heavy atom. The quantitative estimate of drug-likeness (QED) is 0.348. The van der Waals surface area contributed by atoms with E-state index in [4.69, 9.17) is 29.7 Å². The van der Waals surface area contributed by atoms with Crippen molar-refractivity contribution in [2.45, 2.75) is 43.8 Å². The summed E-state index contributed by atoms with van der Waals surface area (Å²) in [6.07, 6.45) is -13.0. The van der Waals surface area contributed by atoms with Gasteiger partial charge < -0.3 is 20.2 Å². The second kappa shape index (κ2) is 15.9. The van der Waals surface area contributed by atoms with Crippen LogP contribution in [0.5, 0.6) is 0 Å². The van der Waals surface area contributed by atoms with Gasteiger partial charge in [0.05, 0.1) is 11.1 Å². The molecule has 4 rings (SSSR count). The molecule has 0 radical (unpaired) electrons. The van der Waals surface area contributed by atoms with Crippen LogP contribution in [-0.4, -0.2) is 93.7 Å². The maximum Gasteiger partial charge on any atom is 0.490 e. The van der Waals surface area contributed by atoms with Crippen LogP contribution in [0.3, 0.4) is 0 Å². The van der Waals surface area contributed by atoms with Gasteiger partial charge in [-0.05, 0) is 30.7 Å². The number of halogens is 11. The van der Waals surface area contributed by atoms with Gasteiger partial charge in [0.25, 0.3) is 5.92 Å². The highest BCUT2D eigenvalue weighted by Crippen LogP contribution is 2.50. The Bertz CT molecular complexity index is 1220. The molecule has 0 aliphatic carbocycles. The Morgan fingerprint density at radius 1 is 0.696 bits per heavy atom. The third-order valence-electron chi connectivity index (χ3n) is 6.36. The molecule has 1 aromatic heterocycles. The van der Waals surface area contributed by atoms with Crippen molar-refractivity contribution in [2.24, 2.45) is 5.41 Å². The van der Waals surface area contributed by atoms with Gasteiger partial charge in [-0.3, -0.25) is 9.88 Å². The number of nitrogens with zero attached hydrogens (tertiary/aromatic N) is 3. The standard InChI is InChI=1S/C20H23F2N3.3C2HF3O2/c21-20(22)10-12-24(14-17-6-4-5-11-23-17)15-19(20)9-13-25(16-19)18-7-2-1-3-8-18;3*3-2(4,5)1(6)7/h1-8,11H,9-10,12-16H2;3*(H,6,7). The molecule has 1 spiro atoms. The normalized spacial score (nSPS) is 19.4. The van der Waals surface area contributed by atoms with Crippen LogP contribution in [-0.2, 0) is 20.9 Å². The molecule has 1 atom stereocenters. The lowest BCUT2D eigenvalue weighted by Gasteiger charge is -2.46. The fourth-order valence-electron chi connectivity index (χ4n) is 4.20. The summed E-state index contributed by atoms with van der Waals surface area (Å²) in [5, 5.41) is 21.4. The lowest BCUT2D eigenvalue weighted by molar-refractivity contribution is -0.193. The number of hydrogen-bond donors (Lipinski definition) is 3. The first-order chi connectivity index (χ1) is 20.9. The molecule has 2 fully saturated rings. The van der Waals surface area contributed by atoms with Gasteiger partial charge in [-0.15, -0.1) is 0 Å². The van der Waals surface area contributed by atoms with Crippen molar-refractivity contribution >= 4 is 23.6 Å². The summed E-state index contributed by atoms with van der Waals surface area (Å²) in [5.74, 6) is -10.9. The minimum atomic E-state index is -5.08. The van der Waals surface area contributed by atoms with E-state index in [1.54, 1.807) is 6.20 Å². The Morgan fingerprint density at radius 2 is 1.15 bits per heavy atom. The van der Waals surface area contributed by atoms with E-state index >= 15 is 0 Å². The van der Waals surface area contributed by atoms with Crippen LogP contribution in [0.4, 0.5) is 54.0 Å². The monoisotopic (exact) mass is 685 g/mol. The molecule has 0 saturated carbocycles. The number of anilines is 1. The number of rotatable bonds is 3. The van der Waals surface area contributed by atoms with Gasteiger partial charge in [0.1, 0.15) is 0 Å². The van der Waals surface area contributed by atoms with E-state index in [0.29, 0.717) is 39.1 Å². The molecule has 9 nitrogen and oxygen atoms in total. The Hall–Kier alpha value is -4.23. The number of carbonyl (C=O) groups is 3. The summed E-state index contributed by atoms with van der Waals surface area (Å²) in [4.78, 5) is 35.3. The van der Waals surface area contributed by atoms with Crippen molar-refractivity contribution in [2.75, 3.05) is 31.1 Å². The molecule has 0 bridgehead atoms. The Labute approximate surface area is 252 Å². The van der Waals surface area contributed by atoms with Crippen LogP contribution < -0.4 is 4.90 Å². The minimum absolute atomic E-state index is 0.0670. The minimum Gasteiger partial charge on any atom is -0.475 e. The number of likely N-dealkylation sites (tertiary alicyclic amines) is 1. The highest BCUT2D eigenvalue weighted by atomic mass is 19.4. The van der Waals surface area contributed by atoms with E-state index in [2.05, 4.69) is 14.8 Å². The van der Waals surface area contributed by atoms with Crippen molar-refractivity contribution in [1.29, 1.82) is 0 Å². The summed E-state index contributed by atoms with van der Waals surface area (Å²) < 4.78 is 125. The molecule has 3 heterocycles. The highest BCUT2D eigenvalue weighted by Gasteiger charge is 2.59. The van der Waals surface area contributed by atoms with Crippen LogP contribution >= 0.6 is 0 Å². The topological polar surface area (TPSA) is 131 Å². The number of piperidine rings is 1. The molecule has 2 aliphatic rings. The van der Waals surface area contributed by atoms with Crippen LogP contribution in [0.1, 0.15) is 18.5 Å². The van der Waals surface area contributed by atoms with E-state index in [9.17, 15) is 48.3 Å². The van der Waals surface area contributed by atoms with Crippen LogP contribution in [0.25, 0.3) is 0 Å². The van der Waals surface area contributed by atoms with Gasteiger partial charge in [-0.1, -0.05) is 24.3 Å². The SMILES string of the molecule is FC1(F)CCN(Cc2ccccn2)CC12CCN(c1ccccc1)C2.O=C(O)C(F)(F)F.O=C(O)C(F)(F)F.O=C(O)C(F)(F)F. The number of carboxylic acid groups (broad SMARTS) is 3. The molecule has 258 valence electrons. The Balaban J connectivity index is 0.000000413. The number of alkyl halides is 11. The summed E-state index contributed by atoms with van der Waals surface area (Å²) in [5.41, 5.74) is 1.02. The number of carboxylic acids is 3. The van der Waals surface area contributed by atoms with E-state index in [1.165, 1.54) is 0 Å². The zero-order valence-corrected chi connectivity index (χ0v) is 23.2. The number of pyridine rings is 1. The van der Waals surface area contributed by atoms with Crippen molar-refractivity contribution in [3.05, 3.63) is 60.4 Å². The molecule has 2 aromatic rings.